The lowest BCUT2D eigenvalue weighted by Crippen LogP contribution is -2.30. The highest BCUT2D eigenvalue weighted by Gasteiger charge is 2.08. The predicted octanol–water partition coefficient (Wildman–Crippen LogP) is 2.16. The van der Waals surface area contributed by atoms with Gasteiger partial charge in [0.15, 0.2) is 0 Å². The Morgan fingerprint density at radius 1 is 1.15 bits per heavy atom. The minimum absolute atomic E-state index is 0.115. The summed E-state index contributed by atoms with van der Waals surface area (Å²) in [5.74, 6) is -0.0127. The Labute approximate surface area is 119 Å². The van der Waals surface area contributed by atoms with Crippen LogP contribution in [0.4, 0.5) is 0 Å². The molecule has 0 fully saturated rings. The zero-order chi connectivity index (χ0) is 14.8. The molecule has 0 bridgehead atoms. The second-order valence-electron chi connectivity index (χ2n) is 4.21. The highest BCUT2D eigenvalue weighted by Crippen LogP contribution is 2.11. The molecule has 20 heavy (non-hydrogen) atoms. The Bertz CT molecular complexity index is 428. The average molecular weight is 279 g/mol. The van der Waals surface area contributed by atoms with Gasteiger partial charge in [-0.2, -0.15) is 0 Å². The molecule has 0 radical (unpaired) electrons. The van der Waals surface area contributed by atoms with E-state index in [4.69, 9.17) is 9.47 Å². The topological polar surface area (TPSA) is 64.6 Å². The molecule has 5 nitrogen and oxygen atoms in total. The van der Waals surface area contributed by atoms with Crippen LogP contribution in [0.5, 0.6) is 5.75 Å². The van der Waals surface area contributed by atoms with Crippen molar-refractivity contribution < 1.29 is 19.1 Å². The zero-order valence-corrected chi connectivity index (χ0v) is 12.0. The third-order valence-electron chi connectivity index (χ3n) is 2.58. The van der Waals surface area contributed by atoms with Crippen LogP contribution in [-0.4, -0.2) is 31.6 Å². The van der Waals surface area contributed by atoms with Crippen molar-refractivity contribution >= 4 is 11.9 Å². The van der Waals surface area contributed by atoms with E-state index in [2.05, 4.69) is 5.32 Å². The van der Waals surface area contributed by atoms with Crippen LogP contribution in [0.3, 0.4) is 0 Å². The predicted molar refractivity (Wildman–Crippen MR) is 75.8 cm³/mol. The number of ether oxygens (including phenoxy) is 2. The molecule has 1 amide bonds. The second-order valence-corrected chi connectivity index (χ2v) is 4.21. The first-order valence-corrected chi connectivity index (χ1v) is 6.84. The van der Waals surface area contributed by atoms with Gasteiger partial charge in [0, 0.05) is 5.56 Å². The number of hydrogen-bond acceptors (Lipinski definition) is 4. The van der Waals surface area contributed by atoms with Gasteiger partial charge in [-0.15, -0.1) is 0 Å². The summed E-state index contributed by atoms with van der Waals surface area (Å²) in [7, 11) is 0. The number of benzene rings is 1. The Hall–Kier alpha value is -2.04. The molecular weight excluding hydrogens is 258 g/mol. The molecule has 110 valence electrons. The van der Waals surface area contributed by atoms with Crippen LogP contribution in [0, 0.1) is 0 Å². The molecule has 1 N–H and O–H groups in total. The maximum atomic E-state index is 11.8. The monoisotopic (exact) mass is 279 g/mol. The molecule has 0 aliphatic rings. The Kier molecular flexibility index (Phi) is 7.17. The fraction of sp³-hybridized carbons (Fsp3) is 0.467. The SMILES string of the molecule is CCCCOC(=O)CNC(=O)c1ccc(OCC)cc1. The molecule has 0 aromatic heterocycles. The summed E-state index contributed by atoms with van der Waals surface area (Å²) >= 11 is 0. The van der Waals surface area contributed by atoms with Crippen molar-refractivity contribution in [2.75, 3.05) is 19.8 Å². The van der Waals surface area contributed by atoms with Crippen molar-refractivity contribution in [3.8, 4) is 5.75 Å². The maximum absolute atomic E-state index is 11.8. The van der Waals surface area contributed by atoms with Crippen LogP contribution in [-0.2, 0) is 9.53 Å². The number of hydrogen-bond donors (Lipinski definition) is 1. The number of carbonyl (C=O) groups excluding carboxylic acids is 2. The maximum Gasteiger partial charge on any atom is 0.325 e. The summed E-state index contributed by atoms with van der Waals surface area (Å²) in [4.78, 5) is 23.1. The van der Waals surface area contributed by atoms with Crippen molar-refractivity contribution in [2.24, 2.45) is 0 Å². The molecule has 0 aliphatic heterocycles. The van der Waals surface area contributed by atoms with E-state index in [9.17, 15) is 9.59 Å². The average Bonchev–Trinajstić information content (AvgIpc) is 2.46. The van der Waals surface area contributed by atoms with Gasteiger partial charge in [-0.25, -0.2) is 0 Å². The summed E-state index contributed by atoms with van der Waals surface area (Å²) in [6.45, 7) is 4.77. The van der Waals surface area contributed by atoms with Gasteiger partial charge in [-0.1, -0.05) is 13.3 Å². The van der Waals surface area contributed by atoms with Crippen molar-refractivity contribution in [2.45, 2.75) is 26.7 Å². The molecule has 1 aromatic rings. The molecule has 0 heterocycles. The van der Waals surface area contributed by atoms with Gasteiger partial charge >= 0.3 is 5.97 Å². The molecule has 0 spiro atoms. The number of rotatable bonds is 8. The Balaban J connectivity index is 2.36. The lowest BCUT2D eigenvalue weighted by atomic mass is 10.2. The smallest absolute Gasteiger partial charge is 0.325 e. The van der Waals surface area contributed by atoms with E-state index in [1.54, 1.807) is 24.3 Å². The van der Waals surface area contributed by atoms with Crippen molar-refractivity contribution in [1.29, 1.82) is 0 Å². The Morgan fingerprint density at radius 2 is 1.85 bits per heavy atom. The van der Waals surface area contributed by atoms with Gasteiger partial charge in [0.05, 0.1) is 13.2 Å². The van der Waals surface area contributed by atoms with Gasteiger partial charge in [-0.05, 0) is 37.6 Å². The molecule has 1 rings (SSSR count). The highest BCUT2D eigenvalue weighted by atomic mass is 16.5. The summed E-state index contributed by atoms with van der Waals surface area (Å²) in [5.41, 5.74) is 0.481. The van der Waals surface area contributed by atoms with Gasteiger partial charge in [0.2, 0.25) is 0 Å². The third-order valence-corrected chi connectivity index (χ3v) is 2.58. The molecule has 0 saturated heterocycles. The molecule has 0 saturated carbocycles. The first-order valence-electron chi connectivity index (χ1n) is 6.84. The highest BCUT2D eigenvalue weighted by molar-refractivity contribution is 5.95. The van der Waals surface area contributed by atoms with Gasteiger partial charge in [-0.3, -0.25) is 9.59 Å². The van der Waals surface area contributed by atoms with Crippen LogP contribution in [0.2, 0.25) is 0 Å². The molecule has 1 aromatic carbocycles. The minimum atomic E-state index is -0.419. The van der Waals surface area contributed by atoms with E-state index in [1.165, 1.54) is 0 Å². The van der Waals surface area contributed by atoms with Crippen LogP contribution in [0.1, 0.15) is 37.0 Å². The first-order chi connectivity index (χ1) is 9.67. The summed E-state index contributed by atoms with van der Waals surface area (Å²) in [6.07, 6.45) is 1.80. The minimum Gasteiger partial charge on any atom is -0.494 e. The van der Waals surface area contributed by atoms with Crippen molar-refractivity contribution in [1.82, 2.24) is 5.32 Å². The van der Waals surface area contributed by atoms with E-state index in [0.29, 0.717) is 24.5 Å². The lowest BCUT2D eigenvalue weighted by Gasteiger charge is -2.07. The standard InChI is InChI=1S/C15H21NO4/c1-3-5-10-20-14(17)11-16-15(18)12-6-8-13(9-7-12)19-4-2/h6-9H,3-5,10-11H2,1-2H3,(H,16,18). The molecular formula is C15H21NO4. The van der Waals surface area contributed by atoms with Crippen LogP contribution < -0.4 is 10.1 Å². The molecule has 0 unspecified atom stereocenters. The van der Waals surface area contributed by atoms with Crippen molar-refractivity contribution in [3.05, 3.63) is 29.8 Å². The summed E-state index contributed by atoms with van der Waals surface area (Å²) < 4.78 is 10.2. The van der Waals surface area contributed by atoms with Crippen LogP contribution in [0.25, 0.3) is 0 Å². The van der Waals surface area contributed by atoms with Gasteiger partial charge in [0.1, 0.15) is 12.3 Å². The normalized spacial score (nSPS) is 9.90. The zero-order valence-electron chi connectivity index (χ0n) is 12.0. The molecule has 0 atom stereocenters. The molecule has 5 heteroatoms. The Morgan fingerprint density at radius 3 is 2.45 bits per heavy atom. The fourth-order valence-corrected chi connectivity index (χ4v) is 1.51. The largest absolute Gasteiger partial charge is 0.494 e. The number of unbranched alkanes of at least 4 members (excludes halogenated alkanes) is 1. The van der Waals surface area contributed by atoms with Crippen LogP contribution in [0.15, 0.2) is 24.3 Å². The molecule has 0 aliphatic carbocycles. The number of esters is 1. The number of carbonyl (C=O) groups is 2. The number of amides is 1. The second kappa shape index (κ2) is 8.96. The van der Waals surface area contributed by atoms with E-state index in [0.717, 1.165) is 12.8 Å². The van der Waals surface area contributed by atoms with E-state index in [1.807, 2.05) is 13.8 Å². The van der Waals surface area contributed by atoms with E-state index < -0.39 is 5.97 Å². The van der Waals surface area contributed by atoms with Crippen LogP contribution >= 0.6 is 0 Å². The first kappa shape index (κ1) is 16.0. The number of nitrogens with one attached hydrogen (secondary N) is 1. The van der Waals surface area contributed by atoms with Crippen molar-refractivity contribution in [3.63, 3.8) is 0 Å². The van der Waals surface area contributed by atoms with E-state index in [-0.39, 0.29) is 12.5 Å². The van der Waals surface area contributed by atoms with Gasteiger partial charge in [0.25, 0.3) is 5.91 Å². The quantitative estimate of drug-likeness (QED) is 0.585. The van der Waals surface area contributed by atoms with E-state index >= 15 is 0 Å². The third kappa shape index (κ3) is 5.73. The van der Waals surface area contributed by atoms with Gasteiger partial charge < -0.3 is 14.8 Å². The summed E-state index contributed by atoms with van der Waals surface area (Å²) in [5, 5.41) is 2.52. The lowest BCUT2D eigenvalue weighted by molar-refractivity contribution is -0.142. The fourth-order valence-electron chi connectivity index (χ4n) is 1.51. The summed E-state index contributed by atoms with van der Waals surface area (Å²) in [6, 6.07) is 6.75.